The Morgan fingerprint density at radius 2 is 2.06 bits per heavy atom. The molecule has 0 fully saturated rings. The average molecular weight is 239 g/mol. The fraction of sp³-hybridized carbons (Fsp3) is 0.0833. The van der Waals surface area contributed by atoms with Crippen LogP contribution in [0.25, 0.3) is 6.08 Å². The SMILES string of the molecule is C=CCOc1ccc(C=CC(=O)OCl)cc1. The molecule has 0 saturated heterocycles. The fourth-order valence-corrected chi connectivity index (χ4v) is 1.07. The van der Waals surface area contributed by atoms with Gasteiger partial charge in [-0.25, -0.2) is 4.79 Å². The molecule has 0 aliphatic heterocycles. The minimum atomic E-state index is -0.603. The molecular weight excluding hydrogens is 228 g/mol. The summed E-state index contributed by atoms with van der Waals surface area (Å²) in [5.74, 6) is 0.144. The maximum atomic E-state index is 10.7. The van der Waals surface area contributed by atoms with Crippen molar-refractivity contribution in [1.29, 1.82) is 0 Å². The molecule has 84 valence electrons. The van der Waals surface area contributed by atoms with Gasteiger partial charge in [0.25, 0.3) is 0 Å². The number of ether oxygens (including phenoxy) is 1. The molecule has 0 unspecified atom stereocenters. The second-order valence-corrected chi connectivity index (χ2v) is 3.05. The van der Waals surface area contributed by atoms with Crippen LogP contribution in [0.2, 0.25) is 0 Å². The van der Waals surface area contributed by atoms with Gasteiger partial charge >= 0.3 is 5.97 Å². The second-order valence-electron chi connectivity index (χ2n) is 2.90. The highest BCUT2D eigenvalue weighted by molar-refractivity contribution is 6.15. The fourth-order valence-electron chi connectivity index (χ4n) is 1.02. The van der Waals surface area contributed by atoms with Crippen LogP contribution in [0.5, 0.6) is 5.75 Å². The highest BCUT2D eigenvalue weighted by atomic mass is 35.5. The van der Waals surface area contributed by atoms with Crippen molar-refractivity contribution in [3.63, 3.8) is 0 Å². The van der Waals surface area contributed by atoms with Gasteiger partial charge in [0.05, 0.1) is 0 Å². The van der Waals surface area contributed by atoms with Gasteiger partial charge in [0, 0.05) is 6.08 Å². The summed E-state index contributed by atoms with van der Waals surface area (Å²) in [6.07, 6.45) is 4.51. The molecule has 0 radical (unpaired) electrons. The van der Waals surface area contributed by atoms with Crippen LogP contribution in [0.4, 0.5) is 0 Å². The Morgan fingerprint density at radius 1 is 1.38 bits per heavy atom. The number of halogens is 1. The smallest absolute Gasteiger partial charge is 0.349 e. The molecule has 4 heteroatoms. The van der Waals surface area contributed by atoms with Crippen LogP contribution in [0, 0.1) is 0 Å². The Labute approximate surface area is 99.1 Å². The third-order valence-corrected chi connectivity index (χ3v) is 1.89. The topological polar surface area (TPSA) is 35.5 Å². The summed E-state index contributed by atoms with van der Waals surface area (Å²) in [5, 5.41) is 0. The van der Waals surface area contributed by atoms with Crippen molar-refractivity contribution in [1.82, 2.24) is 0 Å². The van der Waals surface area contributed by atoms with Crippen LogP contribution in [-0.2, 0) is 9.08 Å². The van der Waals surface area contributed by atoms with Crippen molar-refractivity contribution in [3.8, 4) is 5.75 Å². The number of benzene rings is 1. The normalized spacial score (nSPS) is 10.1. The molecule has 0 spiro atoms. The van der Waals surface area contributed by atoms with E-state index < -0.39 is 5.97 Å². The molecule has 0 aliphatic carbocycles. The van der Waals surface area contributed by atoms with Crippen molar-refractivity contribution in [3.05, 3.63) is 48.6 Å². The van der Waals surface area contributed by atoms with Gasteiger partial charge in [-0.3, -0.25) is 0 Å². The summed E-state index contributed by atoms with van der Waals surface area (Å²) in [6, 6.07) is 7.23. The van der Waals surface area contributed by atoms with Crippen molar-refractivity contribution in [2.75, 3.05) is 6.61 Å². The number of carbonyl (C=O) groups excluding carboxylic acids is 1. The molecule has 0 aromatic heterocycles. The van der Waals surface area contributed by atoms with E-state index >= 15 is 0 Å². The van der Waals surface area contributed by atoms with E-state index in [0.717, 1.165) is 11.3 Å². The van der Waals surface area contributed by atoms with Gasteiger partial charge in [-0.05, 0) is 23.8 Å². The Bertz CT molecular complexity index is 382. The van der Waals surface area contributed by atoms with E-state index in [0.29, 0.717) is 6.61 Å². The zero-order valence-electron chi connectivity index (χ0n) is 8.56. The van der Waals surface area contributed by atoms with Gasteiger partial charge in [0.1, 0.15) is 24.2 Å². The maximum absolute atomic E-state index is 10.7. The lowest BCUT2D eigenvalue weighted by molar-refractivity contribution is -0.128. The molecule has 16 heavy (non-hydrogen) atoms. The molecule has 1 aromatic carbocycles. The van der Waals surface area contributed by atoms with E-state index in [4.69, 9.17) is 16.6 Å². The van der Waals surface area contributed by atoms with Gasteiger partial charge in [-0.2, -0.15) is 0 Å². The Balaban J connectivity index is 2.60. The van der Waals surface area contributed by atoms with Crippen molar-refractivity contribution >= 4 is 23.9 Å². The number of hydrogen-bond donors (Lipinski definition) is 0. The van der Waals surface area contributed by atoms with Crippen LogP contribution >= 0.6 is 11.9 Å². The second kappa shape index (κ2) is 6.69. The first-order valence-electron chi connectivity index (χ1n) is 4.60. The molecule has 0 atom stereocenters. The van der Waals surface area contributed by atoms with Crippen LogP contribution < -0.4 is 4.74 Å². The molecule has 0 heterocycles. The monoisotopic (exact) mass is 238 g/mol. The summed E-state index contributed by atoms with van der Waals surface area (Å²) in [5.41, 5.74) is 0.855. The lowest BCUT2D eigenvalue weighted by atomic mass is 10.2. The van der Waals surface area contributed by atoms with Gasteiger partial charge in [-0.1, -0.05) is 24.8 Å². The minimum Gasteiger partial charge on any atom is -0.490 e. The first-order chi connectivity index (χ1) is 7.76. The van der Waals surface area contributed by atoms with Crippen molar-refractivity contribution in [2.24, 2.45) is 0 Å². The van der Waals surface area contributed by atoms with E-state index in [2.05, 4.69) is 10.9 Å². The minimum absolute atomic E-state index is 0.466. The van der Waals surface area contributed by atoms with Gasteiger partial charge in [0.15, 0.2) is 0 Å². The summed E-state index contributed by atoms with van der Waals surface area (Å²) in [4.78, 5) is 10.7. The summed E-state index contributed by atoms with van der Waals surface area (Å²) in [6.45, 7) is 4.02. The van der Waals surface area contributed by atoms with Crippen LogP contribution in [0.1, 0.15) is 5.56 Å². The van der Waals surface area contributed by atoms with E-state index in [1.165, 1.54) is 6.08 Å². The summed E-state index contributed by atoms with van der Waals surface area (Å²) in [7, 11) is 0. The lowest BCUT2D eigenvalue weighted by Crippen LogP contribution is -1.92. The van der Waals surface area contributed by atoms with Crippen LogP contribution in [0.3, 0.4) is 0 Å². The largest absolute Gasteiger partial charge is 0.490 e. The predicted octanol–water partition coefficient (Wildman–Crippen LogP) is 2.96. The Hall–Kier alpha value is -1.74. The van der Waals surface area contributed by atoms with Gasteiger partial charge in [0.2, 0.25) is 0 Å². The van der Waals surface area contributed by atoms with Crippen molar-refractivity contribution < 1.29 is 13.8 Å². The van der Waals surface area contributed by atoms with Gasteiger partial charge < -0.3 is 9.03 Å². The van der Waals surface area contributed by atoms with E-state index in [-0.39, 0.29) is 0 Å². The number of carbonyl (C=O) groups is 1. The predicted molar refractivity (Wildman–Crippen MR) is 63.1 cm³/mol. The molecule has 0 saturated carbocycles. The first kappa shape index (κ1) is 12.3. The Morgan fingerprint density at radius 3 is 2.62 bits per heavy atom. The molecule has 0 aliphatic rings. The van der Waals surface area contributed by atoms with E-state index in [1.54, 1.807) is 24.3 Å². The highest BCUT2D eigenvalue weighted by Gasteiger charge is 1.95. The third-order valence-electron chi connectivity index (χ3n) is 1.74. The van der Waals surface area contributed by atoms with E-state index in [9.17, 15) is 4.79 Å². The van der Waals surface area contributed by atoms with Gasteiger partial charge in [-0.15, -0.1) is 0 Å². The van der Waals surface area contributed by atoms with Crippen LogP contribution in [-0.4, -0.2) is 12.6 Å². The van der Waals surface area contributed by atoms with E-state index in [1.807, 2.05) is 12.1 Å². The Kier molecular flexibility index (Phi) is 5.16. The number of rotatable bonds is 5. The molecule has 3 nitrogen and oxygen atoms in total. The molecule has 0 amide bonds. The quantitative estimate of drug-likeness (QED) is 0.584. The highest BCUT2D eigenvalue weighted by Crippen LogP contribution is 2.13. The molecule has 1 aromatic rings. The summed E-state index contributed by atoms with van der Waals surface area (Å²) >= 11 is 4.87. The first-order valence-corrected chi connectivity index (χ1v) is 4.91. The number of hydrogen-bond acceptors (Lipinski definition) is 3. The third kappa shape index (κ3) is 4.19. The molecule has 0 bridgehead atoms. The summed E-state index contributed by atoms with van der Waals surface area (Å²) < 4.78 is 9.26. The molecule has 0 N–H and O–H groups in total. The maximum Gasteiger partial charge on any atom is 0.349 e. The van der Waals surface area contributed by atoms with Crippen molar-refractivity contribution in [2.45, 2.75) is 0 Å². The zero-order chi connectivity index (χ0) is 11.8. The lowest BCUT2D eigenvalue weighted by Gasteiger charge is -2.02. The van der Waals surface area contributed by atoms with Crippen LogP contribution in [0.15, 0.2) is 43.0 Å². The average Bonchev–Trinajstić information content (AvgIpc) is 2.34. The standard InChI is InChI=1S/C12H11ClO3/c1-2-9-15-11-6-3-10(4-7-11)5-8-12(14)16-13/h2-8H,1,9H2. The zero-order valence-corrected chi connectivity index (χ0v) is 9.31. The molecular formula is C12H11ClO3. The molecule has 1 rings (SSSR count).